The van der Waals surface area contributed by atoms with Crippen molar-refractivity contribution < 1.29 is 13.6 Å². The van der Waals surface area contributed by atoms with Crippen LogP contribution in [-0.4, -0.2) is 16.1 Å². The van der Waals surface area contributed by atoms with Crippen molar-refractivity contribution in [3.05, 3.63) is 76.8 Å². The monoisotopic (exact) mass is 429 g/mol. The smallest absolute Gasteiger partial charge is 0.244 e. The van der Waals surface area contributed by atoms with Gasteiger partial charge in [0.2, 0.25) is 17.7 Å². The largest absolute Gasteiger partial charge is 0.421 e. The van der Waals surface area contributed by atoms with Crippen LogP contribution in [0.2, 0.25) is 0 Å². The average Bonchev–Trinajstić information content (AvgIpc) is 3.73. The maximum absolute atomic E-state index is 14.2. The number of para-hydroxylation sites is 1. The summed E-state index contributed by atoms with van der Waals surface area (Å²) in [6.45, 7) is 2.05. The third kappa shape index (κ3) is 3.44. The topological polar surface area (TPSA) is 59.2 Å². The van der Waals surface area contributed by atoms with E-state index in [9.17, 15) is 9.18 Å². The van der Waals surface area contributed by atoms with Gasteiger partial charge in [0.25, 0.3) is 0 Å². The molecule has 6 heteroatoms. The van der Waals surface area contributed by atoms with E-state index in [0.717, 1.165) is 53.6 Å². The van der Waals surface area contributed by atoms with Gasteiger partial charge in [0.15, 0.2) is 0 Å². The van der Waals surface area contributed by atoms with E-state index >= 15 is 0 Å². The number of halogens is 1. The molecule has 2 fully saturated rings. The Hall–Kier alpha value is -3.28. The number of hydrogen-bond donors (Lipinski definition) is 0. The van der Waals surface area contributed by atoms with Crippen LogP contribution in [0.15, 0.2) is 46.9 Å². The lowest BCUT2D eigenvalue weighted by Crippen LogP contribution is -2.30. The highest BCUT2D eigenvalue weighted by atomic mass is 19.1. The summed E-state index contributed by atoms with van der Waals surface area (Å²) in [5.41, 5.74) is 5.26. The molecule has 1 aliphatic heterocycles. The minimum atomic E-state index is -0.256. The second-order valence-electron chi connectivity index (χ2n) is 9.14. The quantitative estimate of drug-likeness (QED) is 0.526. The van der Waals surface area contributed by atoms with Crippen molar-refractivity contribution in [2.45, 2.75) is 51.5 Å². The van der Waals surface area contributed by atoms with Crippen LogP contribution in [0.1, 0.15) is 66.5 Å². The molecular weight excluding hydrogens is 405 g/mol. The van der Waals surface area contributed by atoms with Crippen LogP contribution in [0.5, 0.6) is 0 Å². The standard InChI is InChI=1S/C26H24FN3O2/c1-15-6-7-16(12-21(15)27)14-30-22-5-3-2-4-19(22)24(17-8-9-17)20(13-23(30)31)26-29-28-25(32-26)18-10-11-18/h2-7,12,17-18H,8-11,13-14H2,1H3. The van der Waals surface area contributed by atoms with Gasteiger partial charge in [-0.3, -0.25) is 4.79 Å². The summed E-state index contributed by atoms with van der Waals surface area (Å²) in [6, 6.07) is 13.2. The second-order valence-corrected chi connectivity index (χ2v) is 9.14. The molecule has 0 unspecified atom stereocenters. The highest BCUT2D eigenvalue weighted by Crippen LogP contribution is 2.51. The van der Waals surface area contributed by atoms with Crippen LogP contribution < -0.4 is 4.90 Å². The molecule has 5 nitrogen and oxygen atoms in total. The van der Waals surface area contributed by atoms with Crippen molar-refractivity contribution in [3.63, 3.8) is 0 Å². The van der Waals surface area contributed by atoms with E-state index in [2.05, 4.69) is 16.3 Å². The SMILES string of the molecule is Cc1ccc(CN2C(=O)CC(c3nnc(C4CC4)o3)=C(C3CC3)c3ccccc32)cc1F. The Kier molecular flexibility index (Phi) is 4.49. The predicted octanol–water partition coefficient (Wildman–Crippen LogP) is 5.65. The summed E-state index contributed by atoms with van der Waals surface area (Å²) in [5.74, 6) is 1.61. The Balaban J connectivity index is 1.45. The van der Waals surface area contributed by atoms with Crippen LogP contribution in [-0.2, 0) is 11.3 Å². The molecule has 0 saturated heterocycles. The fraction of sp³-hybridized carbons (Fsp3) is 0.346. The van der Waals surface area contributed by atoms with Gasteiger partial charge in [-0.15, -0.1) is 10.2 Å². The van der Waals surface area contributed by atoms with Gasteiger partial charge < -0.3 is 9.32 Å². The first-order valence-electron chi connectivity index (χ1n) is 11.3. The Bertz CT molecular complexity index is 1250. The summed E-state index contributed by atoms with van der Waals surface area (Å²) in [5, 5.41) is 8.61. The normalized spacial score (nSPS) is 18.7. The van der Waals surface area contributed by atoms with Gasteiger partial charge in [0.1, 0.15) is 5.82 Å². The molecule has 0 spiro atoms. The van der Waals surface area contributed by atoms with Gasteiger partial charge in [-0.05, 0) is 67.4 Å². The first kappa shape index (κ1) is 19.4. The van der Waals surface area contributed by atoms with Gasteiger partial charge in [-0.25, -0.2) is 4.39 Å². The van der Waals surface area contributed by atoms with Crippen molar-refractivity contribution in [3.8, 4) is 0 Å². The van der Waals surface area contributed by atoms with Crippen molar-refractivity contribution in [1.82, 2.24) is 10.2 Å². The summed E-state index contributed by atoms with van der Waals surface area (Å²) in [6.07, 6.45) is 4.54. The number of carbonyl (C=O) groups excluding carboxylic acids is 1. The molecular formula is C26H24FN3O2. The summed E-state index contributed by atoms with van der Waals surface area (Å²) in [7, 11) is 0. The molecule has 0 N–H and O–H groups in total. The summed E-state index contributed by atoms with van der Waals surface area (Å²) < 4.78 is 20.3. The molecule has 162 valence electrons. The molecule has 2 heterocycles. The molecule has 3 aromatic rings. The fourth-order valence-corrected chi connectivity index (χ4v) is 4.55. The van der Waals surface area contributed by atoms with E-state index in [-0.39, 0.29) is 18.1 Å². The molecule has 3 aliphatic rings. The molecule has 2 aliphatic carbocycles. The van der Waals surface area contributed by atoms with Crippen molar-refractivity contribution >= 4 is 22.7 Å². The molecule has 6 rings (SSSR count). The Labute approximate surface area is 186 Å². The number of hydrogen-bond acceptors (Lipinski definition) is 4. The van der Waals surface area contributed by atoms with Gasteiger partial charge >= 0.3 is 0 Å². The molecule has 0 atom stereocenters. The van der Waals surface area contributed by atoms with Crippen LogP contribution >= 0.6 is 0 Å². The van der Waals surface area contributed by atoms with Gasteiger partial charge in [-0.2, -0.15) is 0 Å². The number of amides is 1. The average molecular weight is 429 g/mol. The lowest BCUT2D eigenvalue weighted by molar-refractivity contribution is -0.117. The zero-order chi connectivity index (χ0) is 21.8. The minimum absolute atomic E-state index is 0.0461. The third-order valence-electron chi connectivity index (χ3n) is 6.63. The van der Waals surface area contributed by atoms with Crippen molar-refractivity contribution in [2.75, 3.05) is 4.90 Å². The van der Waals surface area contributed by atoms with Crippen LogP contribution in [0.3, 0.4) is 0 Å². The zero-order valence-corrected chi connectivity index (χ0v) is 18.0. The van der Waals surface area contributed by atoms with Crippen LogP contribution in [0, 0.1) is 18.7 Å². The van der Waals surface area contributed by atoms with Gasteiger partial charge in [0, 0.05) is 17.1 Å². The number of fused-ring (bicyclic) bond motifs is 1. The van der Waals surface area contributed by atoms with Crippen molar-refractivity contribution in [2.24, 2.45) is 5.92 Å². The first-order chi connectivity index (χ1) is 15.6. The van der Waals surface area contributed by atoms with E-state index in [1.54, 1.807) is 17.9 Å². The Morgan fingerprint density at radius 1 is 1.06 bits per heavy atom. The van der Waals surface area contributed by atoms with Gasteiger partial charge in [-0.1, -0.05) is 30.3 Å². The molecule has 2 saturated carbocycles. The third-order valence-corrected chi connectivity index (χ3v) is 6.63. The van der Waals surface area contributed by atoms with Gasteiger partial charge in [0.05, 0.1) is 18.7 Å². The predicted molar refractivity (Wildman–Crippen MR) is 119 cm³/mol. The molecule has 32 heavy (non-hydrogen) atoms. The van der Waals surface area contributed by atoms with Crippen LogP contribution in [0.4, 0.5) is 10.1 Å². The van der Waals surface area contributed by atoms with Crippen molar-refractivity contribution in [1.29, 1.82) is 0 Å². The second kappa shape index (κ2) is 7.40. The summed E-state index contributed by atoms with van der Waals surface area (Å²) >= 11 is 0. The number of benzene rings is 2. The number of rotatable bonds is 5. The van der Waals surface area contributed by atoms with E-state index in [0.29, 0.717) is 35.7 Å². The van der Waals surface area contributed by atoms with E-state index < -0.39 is 0 Å². The maximum Gasteiger partial charge on any atom is 0.244 e. The Morgan fingerprint density at radius 3 is 2.59 bits per heavy atom. The first-order valence-corrected chi connectivity index (χ1v) is 11.3. The highest BCUT2D eigenvalue weighted by Gasteiger charge is 2.38. The molecule has 2 aromatic carbocycles. The molecule has 1 amide bonds. The molecule has 0 radical (unpaired) electrons. The maximum atomic E-state index is 14.2. The number of aromatic nitrogens is 2. The highest BCUT2D eigenvalue weighted by molar-refractivity contribution is 6.10. The lowest BCUT2D eigenvalue weighted by Gasteiger charge is -2.24. The number of allylic oxidation sites excluding steroid dienone is 1. The lowest BCUT2D eigenvalue weighted by atomic mass is 9.93. The Morgan fingerprint density at radius 2 is 1.84 bits per heavy atom. The fourth-order valence-electron chi connectivity index (χ4n) is 4.55. The molecule has 1 aromatic heterocycles. The minimum Gasteiger partial charge on any atom is -0.421 e. The van der Waals surface area contributed by atoms with E-state index in [1.165, 1.54) is 6.07 Å². The van der Waals surface area contributed by atoms with E-state index in [1.807, 2.05) is 24.3 Å². The molecule has 0 bridgehead atoms. The number of aryl methyl sites for hydroxylation is 1. The zero-order valence-electron chi connectivity index (χ0n) is 18.0. The number of nitrogens with zero attached hydrogens (tertiary/aromatic N) is 3. The summed E-state index contributed by atoms with van der Waals surface area (Å²) in [4.78, 5) is 15.3. The number of carbonyl (C=O) groups is 1. The van der Waals surface area contributed by atoms with E-state index in [4.69, 9.17) is 4.42 Å². The van der Waals surface area contributed by atoms with Crippen LogP contribution in [0.25, 0.3) is 11.1 Å². The number of anilines is 1.